The van der Waals surface area contributed by atoms with Gasteiger partial charge in [0.25, 0.3) is 5.88 Å². The molecule has 2 aliphatic heterocycles. The number of nitrogens with zero attached hydrogens (tertiary/aromatic N) is 5. The van der Waals surface area contributed by atoms with Crippen LogP contribution >= 0.6 is 0 Å². The van der Waals surface area contributed by atoms with Gasteiger partial charge in [-0.25, -0.2) is 0 Å². The van der Waals surface area contributed by atoms with E-state index in [4.69, 9.17) is 35.5 Å². The number of nitrogens with one attached hydrogen (secondary N) is 2. The van der Waals surface area contributed by atoms with Gasteiger partial charge in [0.2, 0.25) is 0 Å². The Labute approximate surface area is 278 Å². The van der Waals surface area contributed by atoms with Gasteiger partial charge in [-0.3, -0.25) is 14.7 Å². The Kier molecular flexibility index (Phi) is 16.9. The van der Waals surface area contributed by atoms with Crippen molar-refractivity contribution in [2.24, 2.45) is 27.4 Å². The van der Waals surface area contributed by atoms with Gasteiger partial charge in [-0.1, -0.05) is 25.3 Å². The van der Waals surface area contributed by atoms with Crippen LogP contribution in [0.3, 0.4) is 0 Å². The Morgan fingerprint density at radius 1 is 1.19 bits per heavy atom. The summed E-state index contributed by atoms with van der Waals surface area (Å²) in [5.41, 5.74) is 14.0. The summed E-state index contributed by atoms with van der Waals surface area (Å²) in [5, 5.41) is 20.8. The first-order valence-corrected chi connectivity index (χ1v) is 16.3. The average Bonchev–Trinajstić information content (AvgIpc) is 3.52. The van der Waals surface area contributed by atoms with Crippen LogP contribution in [0.5, 0.6) is 11.6 Å². The number of nitriles is 1. The molecule has 1 aromatic carbocycles. The molecule has 2 aromatic rings. The number of hydrogen-bond donors (Lipinski definition) is 4. The van der Waals surface area contributed by atoms with Crippen molar-refractivity contribution in [3.05, 3.63) is 54.9 Å². The molecule has 3 fully saturated rings. The number of morpholine rings is 1. The highest BCUT2D eigenvalue weighted by Gasteiger charge is 2.23. The maximum atomic E-state index is 9.49. The third-order valence-electron chi connectivity index (χ3n) is 7.66. The molecule has 0 bridgehead atoms. The molecule has 47 heavy (non-hydrogen) atoms. The minimum absolute atomic E-state index is 0.252. The van der Waals surface area contributed by atoms with Gasteiger partial charge in [0, 0.05) is 37.0 Å². The molecular formula is C34H51N9O4. The lowest BCUT2D eigenvalue weighted by Crippen LogP contribution is -2.32. The summed E-state index contributed by atoms with van der Waals surface area (Å²) in [6.45, 7) is 14.4. The zero-order valence-electron chi connectivity index (χ0n) is 27.6. The van der Waals surface area contributed by atoms with E-state index in [1.54, 1.807) is 18.3 Å². The van der Waals surface area contributed by atoms with E-state index in [9.17, 15) is 5.26 Å². The minimum atomic E-state index is -0.252. The fraction of sp³-hybridized carbons (Fsp3) is 0.529. The lowest BCUT2D eigenvalue weighted by Gasteiger charge is -2.25. The first-order valence-electron chi connectivity index (χ1n) is 16.3. The molecule has 2 saturated heterocycles. The van der Waals surface area contributed by atoms with E-state index in [0.29, 0.717) is 54.5 Å². The molecule has 3 aliphatic rings. The van der Waals surface area contributed by atoms with Crippen molar-refractivity contribution in [1.29, 1.82) is 5.26 Å². The van der Waals surface area contributed by atoms with Crippen LogP contribution in [0.1, 0.15) is 56.2 Å². The summed E-state index contributed by atoms with van der Waals surface area (Å²) < 4.78 is 24.3. The molecule has 1 saturated carbocycles. The van der Waals surface area contributed by atoms with Gasteiger partial charge in [-0.2, -0.15) is 5.26 Å². The van der Waals surface area contributed by atoms with Crippen LogP contribution in [0.15, 0.2) is 53.7 Å². The normalized spacial score (nSPS) is 17.8. The molecule has 1 atom stereocenters. The van der Waals surface area contributed by atoms with Crippen molar-refractivity contribution in [3.63, 3.8) is 0 Å². The van der Waals surface area contributed by atoms with E-state index in [1.807, 2.05) is 23.9 Å². The molecule has 0 spiro atoms. The Hall–Kier alpha value is -4.38. The SMILES string of the molecule is C1COCCN1.C=C.C[C@@H](CN=CN)Oc1cc(C(/C=N\CNc2cn(C3CCCCC3)nc2OCC2COC2)=C/N)ccc1C#N. The molecule has 13 nitrogen and oxygen atoms in total. The number of aliphatic imine (C=N–C) groups is 2. The monoisotopic (exact) mass is 649 g/mol. The largest absolute Gasteiger partial charge is 0.487 e. The van der Waals surface area contributed by atoms with Gasteiger partial charge in [-0.05, 0) is 37.5 Å². The number of benzene rings is 1. The first kappa shape index (κ1) is 37.1. The zero-order chi connectivity index (χ0) is 33.7. The third-order valence-corrected chi connectivity index (χ3v) is 7.66. The van der Waals surface area contributed by atoms with Crippen LogP contribution in [-0.4, -0.2) is 87.8 Å². The fourth-order valence-electron chi connectivity index (χ4n) is 5.07. The van der Waals surface area contributed by atoms with Crippen molar-refractivity contribution in [3.8, 4) is 17.7 Å². The third kappa shape index (κ3) is 12.4. The van der Waals surface area contributed by atoms with Crippen molar-refractivity contribution in [2.45, 2.75) is 51.2 Å². The lowest BCUT2D eigenvalue weighted by molar-refractivity contribution is -0.0514. The van der Waals surface area contributed by atoms with Crippen LogP contribution in [0.2, 0.25) is 0 Å². The number of rotatable bonds is 13. The van der Waals surface area contributed by atoms with E-state index in [0.717, 1.165) is 63.6 Å². The Morgan fingerprint density at radius 3 is 2.55 bits per heavy atom. The summed E-state index contributed by atoms with van der Waals surface area (Å²) in [7, 11) is 0. The van der Waals surface area contributed by atoms with Crippen molar-refractivity contribution < 1.29 is 18.9 Å². The standard InChI is InChI=1S/C28H38N8O3.C4H9NO.C2H4/c1-20(12-32-18-31)39-27-9-22(7-8-23(27)10-29)24(11-30)13-33-19-34-26-14-36(25-5-3-2-4-6-25)35-28(26)38-17-21-15-37-16-21;1-3-6-4-2-5-1;1-2/h7-9,11,13-14,18,20-21,25,34H,2-6,12,15-17,19,30H2,1H3,(H2,31,32);5H,1-4H2;1-2H2/b24-11+,33-13-;;/t20-;;/m0../s1. The predicted octanol–water partition coefficient (Wildman–Crippen LogP) is 3.89. The van der Waals surface area contributed by atoms with Gasteiger partial charge in [-0.15, -0.1) is 18.3 Å². The van der Waals surface area contributed by atoms with Gasteiger partial charge >= 0.3 is 0 Å². The number of allylic oxidation sites excluding steroid dienone is 1. The predicted molar refractivity (Wildman–Crippen MR) is 187 cm³/mol. The van der Waals surface area contributed by atoms with E-state index >= 15 is 0 Å². The van der Waals surface area contributed by atoms with Gasteiger partial charge in [0.15, 0.2) is 0 Å². The Morgan fingerprint density at radius 2 is 1.96 bits per heavy atom. The second kappa shape index (κ2) is 21.4. The highest BCUT2D eigenvalue weighted by Crippen LogP contribution is 2.32. The summed E-state index contributed by atoms with van der Waals surface area (Å²) in [5.74, 6) is 1.46. The lowest BCUT2D eigenvalue weighted by atomic mass is 9.96. The number of hydrogen-bond acceptors (Lipinski definition) is 11. The van der Waals surface area contributed by atoms with E-state index < -0.39 is 0 Å². The van der Waals surface area contributed by atoms with Crippen LogP contribution in [0.4, 0.5) is 5.69 Å². The molecule has 13 heteroatoms. The van der Waals surface area contributed by atoms with Crippen LogP contribution in [-0.2, 0) is 9.47 Å². The highest BCUT2D eigenvalue weighted by atomic mass is 16.5. The van der Waals surface area contributed by atoms with E-state index in [1.165, 1.54) is 31.8 Å². The topological polar surface area (TPSA) is 179 Å². The van der Waals surface area contributed by atoms with Gasteiger partial charge < -0.3 is 41.0 Å². The zero-order valence-corrected chi connectivity index (χ0v) is 27.6. The molecule has 5 rings (SSSR count). The Bertz CT molecular complexity index is 1310. The maximum Gasteiger partial charge on any atom is 0.256 e. The minimum Gasteiger partial charge on any atom is -0.487 e. The van der Waals surface area contributed by atoms with E-state index in [-0.39, 0.29) is 6.10 Å². The van der Waals surface area contributed by atoms with E-state index in [2.05, 4.69) is 39.8 Å². The van der Waals surface area contributed by atoms with Crippen molar-refractivity contribution in [2.75, 3.05) is 64.7 Å². The second-order valence-electron chi connectivity index (χ2n) is 11.2. The molecule has 0 radical (unpaired) electrons. The average molecular weight is 650 g/mol. The summed E-state index contributed by atoms with van der Waals surface area (Å²) in [6.07, 6.45) is 12.2. The fourth-order valence-corrected chi connectivity index (χ4v) is 5.07. The summed E-state index contributed by atoms with van der Waals surface area (Å²) in [6, 6.07) is 7.86. The number of nitrogens with two attached hydrogens (primary N) is 2. The van der Waals surface area contributed by atoms with Crippen molar-refractivity contribution >= 4 is 23.8 Å². The molecule has 256 valence electrons. The van der Waals surface area contributed by atoms with Crippen LogP contribution < -0.4 is 31.6 Å². The molecule has 1 aliphatic carbocycles. The summed E-state index contributed by atoms with van der Waals surface area (Å²) >= 11 is 0. The molecule has 0 unspecified atom stereocenters. The first-order chi connectivity index (χ1) is 23.1. The molecule has 1 aromatic heterocycles. The number of ether oxygens (including phenoxy) is 4. The molecular weight excluding hydrogens is 598 g/mol. The Balaban J connectivity index is 0.000000664. The molecule has 6 N–H and O–H groups in total. The number of anilines is 1. The van der Waals surface area contributed by atoms with Gasteiger partial charge in [0.05, 0.1) is 63.7 Å². The smallest absolute Gasteiger partial charge is 0.256 e. The summed E-state index contributed by atoms with van der Waals surface area (Å²) in [4.78, 5) is 8.54. The quantitative estimate of drug-likeness (QED) is 0.141. The van der Waals surface area contributed by atoms with Gasteiger partial charge in [0.1, 0.15) is 30.3 Å². The molecule has 3 heterocycles. The highest BCUT2D eigenvalue weighted by molar-refractivity contribution is 6.09. The van der Waals surface area contributed by atoms with Crippen molar-refractivity contribution in [1.82, 2.24) is 15.1 Å². The molecule has 0 amide bonds. The van der Waals surface area contributed by atoms with Crippen LogP contribution in [0.25, 0.3) is 5.57 Å². The van der Waals surface area contributed by atoms with Crippen LogP contribution in [0, 0.1) is 17.2 Å². The number of aromatic nitrogens is 2. The maximum absolute atomic E-state index is 9.49. The second-order valence-corrected chi connectivity index (χ2v) is 11.2.